The number of aliphatic carboxylic acids is 2. The van der Waals surface area contributed by atoms with Crippen molar-refractivity contribution >= 4 is 59.2 Å². The zero-order chi connectivity index (χ0) is 44.2. The van der Waals surface area contributed by atoms with Crippen molar-refractivity contribution in [1.82, 2.24) is 42.1 Å². The lowest BCUT2D eigenvalue weighted by Crippen LogP contribution is -2.57. The molecule has 0 aliphatic carbocycles. The molecule has 59 heavy (non-hydrogen) atoms. The average Bonchev–Trinajstić information content (AvgIpc) is 3.66. The molecule has 22 heteroatoms. The molecular formula is C37H57N11O11. The Labute approximate surface area is 341 Å². The maximum atomic E-state index is 13.5. The van der Waals surface area contributed by atoms with E-state index in [1.807, 2.05) is 13.8 Å². The summed E-state index contributed by atoms with van der Waals surface area (Å²) in [6, 6.07) is 1.70. The highest BCUT2D eigenvalue weighted by atomic mass is 16.4. The molecule has 0 radical (unpaired) electrons. The number of nitrogens with one attached hydrogen (secondary N) is 8. The average molecular weight is 832 g/mol. The summed E-state index contributed by atoms with van der Waals surface area (Å²) in [5, 5.41) is 43.0. The summed E-state index contributed by atoms with van der Waals surface area (Å²) in [6.07, 6.45) is 0.119. The number of benzene rings is 1. The van der Waals surface area contributed by atoms with Crippen molar-refractivity contribution in [3.8, 4) is 0 Å². The summed E-state index contributed by atoms with van der Waals surface area (Å²) in [5.74, 6) is -8.59. The standard InChI is InChI=1S/C37H57N11O11/c1-20(2)15-24(47-33(55)25(46-31(53)21(3)38)16-22-9-5-4-6-10-22)32(54)43-19-29(50)48-14-8-12-27(48)35(57)42-18-28(49)44-26(17-30(51)52)34(56)45-23(36(58)59)11-7-13-41-37(39)40/h4-6,9-10,20-21,23-27H,7-8,11-19,38H2,1-3H3,(H,42,57)(H,43,54)(H,44,49)(H,45,56)(H,46,53)(H,47,55)(H,51,52)(H,58,59)(H4,39,40,41)/t21-,23-,24-,25-,26-,27-/m0/s1. The van der Waals surface area contributed by atoms with Gasteiger partial charge in [-0.3, -0.25) is 43.8 Å². The van der Waals surface area contributed by atoms with E-state index in [-0.39, 0.29) is 57.1 Å². The second-order valence-electron chi connectivity index (χ2n) is 14.5. The van der Waals surface area contributed by atoms with E-state index in [0.717, 1.165) is 5.56 Å². The molecule has 6 atom stereocenters. The number of carbonyl (C=O) groups excluding carboxylic acids is 7. The van der Waals surface area contributed by atoms with E-state index >= 15 is 0 Å². The number of nitrogens with zero attached hydrogens (tertiary/aromatic N) is 1. The van der Waals surface area contributed by atoms with E-state index in [4.69, 9.17) is 16.9 Å². The SMILES string of the molecule is CC(C)C[C@H](NC(=O)[C@H](Cc1ccccc1)NC(=O)[C@H](C)N)C(=O)NCC(=O)N1CCC[C@H]1C(=O)NCC(=O)N[C@@H](CC(=O)O)C(=O)N[C@@H](CCCNC(=N)N)C(=O)O. The third-order valence-corrected chi connectivity index (χ3v) is 9.01. The molecule has 1 saturated heterocycles. The number of carbonyl (C=O) groups is 9. The highest BCUT2D eigenvalue weighted by Crippen LogP contribution is 2.17. The lowest BCUT2D eigenvalue weighted by molar-refractivity contribution is -0.143. The number of carboxylic acids is 2. The summed E-state index contributed by atoms with van der Waals surface area (Å²) < 4.78 is 0. The molecule has 1 aromatic carbocycles. The summed E-state index contributed by atoms with van der Waals surface area (Å²) in [4.78, 5) is 116. The first-order valence-electron chi connectivity index (χ1n) is 19.2. The van der Waals surface area contributed by atoms with Gasteiger partial charge in [-0.15, -0.1) is 0 Å². The van der Waals surface area contributed by atoms with Crippen molar-refractivity contribution < 1.29 is 53.4 Å². The molecule has 1 aliphatic heterocycles. The lowest BCUT2D eigenvalue weighted by atomic mass is 10.0. The van der Waals surface area contributed by atoms with Gasteiger partial charge >= 0.3 is 11.9 Å². The number of carboxylic acid groups (broad SMARTS) is 2. The largest absolute Gasteiger partial charge is 0.481 e. The van der Waals surface area contributed by atoms with Crippen LogP contribution in [-0.4, -0.2) is 137 Å². The second kappa shape index (κ2) is 24.5. The molecule has 0 saturated carbocycles. The monoisotopic (exact) mass is 831 g/mol. The Hall–Kier alpha value is -6.32. The molecule has 1 aromatic rings. The highest BCUT2D eigenvalue weighted by molar-refractivity contribution is 5.97. The molecule has 0 spiro atoms. The number of hydrogen-bond donors (Lipinski definition) is 12. The Balaban J connectivity index is 2.01. The van der Waals surface area contributed by atoms with E-state index in [2.05, 4.69) is 37.2 Å². The van der Waals surface area contributed by atoms with E-state index in [9.17, 15) is 53.4 Å². The number of amides is 7. The van der Waals surface area contributed by atoms with Crippen molar-refractivity contribution in [2.24, 2.45) is 17.4 Å². The molecule has 1 fully saturated rings. The minimum absolute atomic E-state index is 0.0700. The van der Waals surface area contributed by atoms with Crippen molar-refractivity contribution in [2.75, 3.05) is 26.2 Å². The van der Waals surface area contributed by atoms with Gasteiger partial charge in [-0.25, -0.2) is 4.79 Å². The van der Waals surface area contributed by atoms with E-state index in [1.165, 1.54) is 11.8 Å². The molecule has 0 unspecified atom stereocenters. The Morgan fingerprint density at radius 1 is 0.797 bits per heavy atom. The minimum atomic E-state index is -1.70. The summed E-state index contributed by atoms with van der Waals surface area (Å²) in [5.41, 5.74) is 11.7. The highest BCUT2D eigenvalue weighted by Gasteiger charge is 2.35. The molecule has 0 bridgehead atoms. The predicted octanol–water partition coefficient (Wildman–Crippen LogP) is -3.39. The lowest BCUT2D eigenvalue weighted by Gasteiger charge is -2.26. The van der Waals surface area contributed by atoms with Crippen LogP contribution in [0.1, 0.15) is 64.9 Å². The Morgan fingerprint density at radius 3 is 2.02 bits per heavy atom. The van der Waals surface area contributed by atoms with Crippen LogP contribution in [0.4, 0.5) is 0 Å². The van der Waals surface area contributed by atoms with Crippen LogP contribution in [0.25, 0.3) is 0 Å². The van der Waals surface area contributed by atoms with Crippen LogP contribution in [0.15, 0.2) is 30.3 Å². The third-order valence-electron chi connectivity index (χ3n) is 9.01. The van der Waals surface area contributed by atoms with Crippen LogP contribution >= 0.6 is 0 Å². The number of nitrogens with two attached hydrogens (primary N) is 2. The molecular weight excluding hydrogens is 774 g/mol. The van der Waals surface area contributed by atoms with E-state index < -0.39 is 109 Å². The Bertz CT molecular complexity index is 1680. The van der Waals surface area contributed by atoms with Gasteiger partial charge < -0.3 is 63.8 Å². The van der Waals surface area contributed by atoms with Crippen LogP contribution in [0.2, 0.25) is 0 Å². The van der Waals surface area contributed by atoms with Gasteiger partial charge in [0.1, 0.15) is 30.2 Å². The normalized spacial score (nSPS) is 15.9. The number of hydrogen-bond acceptors (Lipinski definition) is 11. The van der Waals surface area contributed by atoms with E-state index in [1.54, 1.807) is 30.3 Å². The Kier molecular flexibility index (Phi) is 20.2. The first-order chi connectivity index (χ1) is 27.8. The summed E-state index contributed by atoms with van der Waals surface area (Å²) >= 11 is 0. The summed E-state index contributed by atoms with van der Waals surface area (Å²) in [7, 11) is 0. The number of rotatable bonds is 24. The first-order valence-corrected chi connectivity index (χ1v) is 19.2. The van der Waals surface area contributed by atoms with E-state index in [0.29, 0.717) is 6.42 Å². The molecule has 14 N–H and O–H groups in total. The van der Waals surface area contributed by atoms with Gasteiger partial charge in [0.25, 0.3) is 0 Å². The molecule has 1 aliphatic rings. The molecule has 2 rings (SSSR count). The topological polar surface area (TPSA) is 357 Å². The van der Waals surface area contributed by atoms with Gasteiger partial charge in [0.05, 0.1) is 25.6 Å². The molecule has 326 valence electrons. The van der Waals surface area contributed by atoms with Gasteiger partial charge in [-0.05, 0) is 50.5 Å². The van der Waals surface area contributed by atoms with Gasteiger partial charge in [-0.1, -0.05) is 44.2 Å². The van der Waals surface area contributed by atoms with Gasteiger partial charge in [0, 0.05) is 19.5 Å². The van der Waals surface area contributed by atoms with Gasteiger partial charge in [0.2, 0.25) is 41.4 Å². The molecule has 7 amide bonds. The maximum absolute atomic E-state index is 13.5. The Morgan fingerprint density at radius 2 is 1.42 bits per heavy atom. The fourth-order valence-electron chi connectivity index (χ4n) is 6.04. The maximum Gasteiger partial charge on any atom is 0.326 e. The third kappa shape index (κ3) is 17.8. The predicted molar refractivity (Wildman–Crippen MR) is 211 cm³/mol. The van der Waals surface area contributed by atoms with Crippen LogP contribution in [0, 0.1) is 11.3 Å². The molecule has 0 aromatic heterocycles. The van der Waals surface area contributed by atoms with Crippen LogP contribution in [0.5, 0.6) is 0 Å². The van der Waals surface area contributed by atoms with Crippen LogP contribution in [-0.2, 0) is 49.6 Å². The first kappa shape index (κ1) is 48.8. The minimum Gasteiger partial charge on any atom is -0.481 e. The zero-order valence-electron chi connectivity index (χ0n) is 33.4. The number of guanidine groups is 1. The van der Waals surface area contributed by atoms with Gasteiger partial charge in [0.15, 0.2) is 5.96 Å². The van der Waals surface area contributed by atoms with Crippen molar-refractivity contribution in [3.05, 3.63) is 35.9 Å². The summed E-state index contributed by atoms with van der Waals surface area (Å²) in [6.45, 7) is 4.18. The quantitative estimate of drug-likeness (QED) is 0.0275. The van der Waals surface area contributed by atoms with Crippen LogP contribution < -0.4 is 48.7 Å². The zero-order valence-corrected chi connectivity index (χ0v) is 33.4. The molecule has 1 heterocycles. The second-order valence-corrected chi connectivity index (χ2v) is 14.5. The number of likely N-dealkylation sites (tertiary alicyclic amines) is 1. The van der Waals surface area contributed by atoms with Crippen LogP contribution in [0.3, 0.4) is 0 Å². The smallest absolute Gasteiger partial charge is 0.326 e. The van der Waals surface area contributed by atoms with Crippen molar-refractivity contribution in [3.63, 3.8) is 0 Å². The fourth-order valence-corrected chi connectivity index (χ4v) is 6.04. The fraction of sp³-hybridized carbons (Fsp3) is 0.568. The van der Waals surface area contributed by atoms with Crippen molar-refractivity contribution in [2.45, 2.75) is 102 Å². The van der Waals surface area contributed by atoms with Gasteiger partial charge in [-0.2, -0.15) is 0 Å². The molecule has 22 nitrogen and oxygen atoms in total. The van der Waals surface area contributed by atoms with Crippen molar-refractivity contribution in [1.29, 1.82) is 5.41 Å².